The molecule has 2 atom stereocenters. The number of oxime groups is 1. The normalized spacial score (nSPS) is 22.8. The number of rotatable bonds is 2. The largest absolute Gasteiger partial charge is 0.419 e. The topological polar surface area (TPSA) is 56.5 Å². The molecule has 10 heteroatoms. The molecule has 21 heavy (non-hydrogen) atoms. The van der Waals surface area contributed by atoms with Crippen LogP contribution in [0.4, 0.5) is 17.6 Å². The Kier molecular flexibility index (Phi) is 3.85. The molecule has 0 spiro atoms. The highest BCUT2D eigenvalue weighted by atomic mass is 32.2. The van der Waals surface area contributed by atoms with Crippen LogP contribution in [0.15, 0.2) is 11.4 Å². The van der Waals surface area contributed by atoms with Crippen molar-refractivity contribution >= 4 is 15.8 Å². The molecule has 0 radical (unpaired) electrons. The van der Waals surface area contributed by atoms with E-state index in [4.69, 9.17) is 4.84 Å². The minimum atomic E-state index is -4.61. The van der Waals surface area contributed by atoms with Crippen LogP contribution in [-0.4, -0.2) is 30.8 Å². The van der Waals surface area contributed by atoms with E-state index in [0.29, 0.717) is 0 Å². The van der Waals surface area contributed by atoms with Crippen LogP contribution in [0.5, 0.6) is 0 Å². The van der Waals surface area contributed by atoms with Crippen molar-refractivity contribution in [3.8, 4) is 0 Å². The summed E-state index contributed by atoms with van der Waals surface area (Å²) in [7, 11) is -0.762. The molecule has 0 saturated carbocycles. The van der Waals surface area contributed by atoms with Gasteiger partial charge in [0.25, 0.3) is 0 Å². The smallest absolute Gasteiger partial charge is 0.385 e. The van der Waals surface area contributed by atoms with Crippen molar-refractivity contribution in [2.75, 3.05) is 0 Å². The van der Waals surface area contributed by atoms with Gasteiger partial charge in [-0.15, -0.1) is 0 Å². The SMILES string of the molecule is Cn1cc(C(F)(F)F)c(CS(=O)C2=NOC(C)(C)C2F)n1. The van der Waals surface area contributed by atoms with Crippen molar-refractivity contribution in [2.45, 2.75) is 37.5 Å². The Morgan fingerprint density at radius 3 is 2.57 bits per heavy atom. The molecular weight excluding hydrogens is 314 g/mol. The molecule has 0 aromatic carbocycles. The second-order valence-electron chi connectivity index (χ2n) is 5.14. The van der Waals surface area contributed by atoms with Gasteiger partial charge < -0.3 is 4.84 Å². The molecule has 0 N–H and O–H groups in total. The lowest BCUT2D eigenvalue weighted by molar-refractivity contribution is -0.138. The van der Waals surface area contributed by atoms with E-state index < -0.39 is 50.8 Å². The van der Waals surface area contributed by atoms with Gasteiger partial charge in [0, 0.05) is 13.2 Å². The first-order chi connectivity index (χ1) is 9.52. The Morgan fingerprint density at radius 1 is 1.48 bits per heavy atom. The Balaban J connectivity index is 2.22. The molecule has 1 aromatic rings. The van der Waals surface area contributed by atoms with Crippen LogP contribution in [0, 0.1) is 0 Å². The summed E-state index contributed by atoms with van der Waals surface area (Å²) in [6.07, 6.45) is -5.57. The summed E-state index contributed by atoms with van der Waals surface area (Å²) in [6, 6.07) is 0. The molecule has 2 rings (SSSR count). The number of halogens is 4. The van der Waals surface area contributed by atoms with E-state index in [-0.39, 0.29) is 0 Å². The van der Waals surface area contributed by atoms with Crippen LogP contribution in [0.25, 0.3) is 0 Å². The number of hydrogen-bond acceptors (Lipinski definition) is 4. The van der Waals surface area contributed by atoms with Crippen molar-refractivity contribution in [3.63, 3.8) is 0 Å². The zero-order valence-electron chi connectivity index (χ0n) is 11.4. The molecule has 0 bridgehead atoms. The van der Waals surface area contributed by atoms with E-state index in [2.05, 4.69) is 10.3 Å². The third-order valence-electron chi connectivity index (χ3n) is 2.91. The van der Waals surface area contributed by atoms with E-state index in [1.807, 2.05) is 0 Å². The molecule has 118 valence electrons. The summed E-state index contributed by atoms with van der Waals surface area (Å²) < 4.78 is 65.4. The second kappa shape index (κ2) is 5.08. The molecule has 1 aliphatic rings. The molecule has 0 amide bonds. The lowest BCUT2D eigenvalue weighted by Crippen LogP contribution is -2.36. The van der Waals surface area contributed by atoms with Gasteiger partial charge in [0.1, 0.15) is 0 Å². The second-order valence-corrected chi connectivity index (χ2v) is 6.54. The van der Waals surface area contributed by atoms with Crippen molar-refractivity contribution in [3.05, 3.63) is 17.5 Å². The van der Waals surface area contributed by atoms with Gasteiger partial charge in [-0.05, 0) is 13.8 Å². The molecule has 0 saturated heterocycles. The summed E-state index contributed by atoms with van der Waals surface area (Å²) in [5.41, 5.74) is -2.68. The molecular formula is C11H13F4N3O2S. The fraction of sp³-hybridized carbons (Fsp3) is 0.636. The van der Waals surface area contributed by atoms with Crippen molar-refractivity contribution in [1.29, 1.82) is 0 Å². The highest BCUT2D eigenvalue weighted by molar-refractivity contribution is 8.00. The number of aryl methyl sites for hydroxylation is 1. The van der Waals surface area contributed by atoms with Gasteiger partial charge in [0.15, 0.2) is 16.8 Å². The lowest BCUT2D eigenvalue weighted by Gasteiger charge is -2.17. The van der Waals surface area contributed by atoms with Gasteiger partial charge >= 0.3 is 6.18 Å². The van der Waals surface area contributed by atoms with E-state index in [9.17, 15) is 21.8 Å². The first kappa shape index (κ1) is 15.9. The maximum Gasteiger partial charge on any atom is 0.419 e. The molecule has 2 heterocycles. The van der Waals surface area contributed by atoms with Crippen LogP contribution >= 0.6 is 0 Å². The van der Waals surface area contributed by atoms with Crippen molar-refractivity contribution in [2.24, 2.45) is 12.2 Å². The van der Waals surface area contributed by atoms with Gasteiger partial charge in [0.2, 0.25) is 0 Å². The van der Waals surface area contributed by atoms with Crippen LogP contribution in [0.3, 0.4) is 0 Å². The standard InChI is InChI=1S/C11H13F4N3O2S/c1-10(2)8(12)9(17-20-10)21(19)5-7-6(11(13,14)15)4-18(3)16-7/h4,8H,5H2,1-3H3. The summed E-state index contributed by atoms with van der Waals surface area (Å²) in [5.74, 6) is -0.575. The summed E-state index contributed by atoms with van der Waals surface area (Å²) in [4.78, 5) is 4.80. The molecule has 5 nitrogen and oxygen atoms in total. The first-order valence-corrected chi connectivity index (χ1v) is 7.22. The fourth-order valence-electron chi connectivity index (χ4n) is 1.79. The average molecular weight is 327 g/mol. The lowest BCUT2D eigenvalue weighted by atomic mass is 10.1. The van der Waals surface area contributed by atoms with E-state index in [1.165, 1.54) is 20.9 Å². The van der Waals surface area contributed by atoms with Crippen molar-refractivity contribution < 1.29 is 26.6 Å². The maximum atomic E-state index is 14.0. The molecule has 1 aromatic heterocycles. The predicted molar refractivity (Wildman–Crippen MR) is 67.6 cm³/mol. The van der Waals surface area contributed by atoms with E-state index in [0.717, 1.165) is 10.9 Å². The Hall–Kier alpha value is -1.45. The zero-order valence-corrected chi connectivity index (χ0v) is 12.3. The van der Waals surface area contributed by atoms with Crippen molar-refractivity contribution in [1.82, 2.24) is 9.78 Å². The number of nitrogens with zero attached hydrogens (tertiary/aromatic N) is 3. The number of aromatic nitrogens is 2. The summed E-state index contributed by atoms with van der Waals surface area (Å²) >= 11 is 0. The van der Waals surface area contributed by atoms with Crippen LogP contribution < -0.4 is 0 Å². The fourth-order valence-corrected chi connectivity index (χ4v) is 3.03. The third-order valence-corrected chi connectivity index (χ3v) is 4.19. The minimum Gasteiger partial charge on any atom is -0.385 e. The van der Waals surface area contributed by atoms with Gasteiger partial charge in [-0.25, -0.2) is 4.39 Å². The average Bonchev–Trinajstić information content (AvgIpc) is 2.81. The first-order valence-electron chi connectivity index (χ1n) is 5.90. The molecule has 2 unspecified atom stereocenters. The van der Waals surface area contributed by atoms with E-state index >= 15 is 0 Å². The predicted octanol–water partition coefficient (Wildman–Crippen LogP) is 2.15. The van der Waals surface area contributed by atoms with Crippen LogP contribution in [0.2, 0.25) is 0 Å². The van der Waals surface area contributed by atoms with Crippen LogP contribution in [-0.2, 0) is 34.6 Å². The summed E-state index contributed by atoms with van der Waals surface area (Å²) in [5, 5.41) is 6.62. The third kappa shape index (κ3) is 3.09. The molecule has 0 fully saturated rings. The quantitative estimate of drug-likeness (QED) is 0.782. The highest BCUT2D eigenvalue weighted by Crippen LogP contribution is 2.33. The zero-order chi connectivity index (χ0) is 16.0. The Bertz CT molecular complexity index is 609. The monoisotopic (exact) mass is 327 g/mol. The molecule has 1 aliphatic heterocycles. The minimum absolute atomic E-state index is 0.404. The highest BCUT2D eigenvalue weighted by Gasteiger charge is 2.45. The van der Waals surface area contributed by atoms with Gasteiger partial charge in [-0.2, -0.15) is 18.3 Å². The van der Waals surface area contributed by atoms with Gasteiger partial charge in [-0.3, -0.25) is 8.89 Å². The van der Waals surface area contributed by atoms with Gasteiger partial charge in [-0.1, -0.05) is 5.16 Å². The maximum absolute atomic E-state index is 14.0. The number of alkyl halides is 4. The van der Waals surface area contributed by atoms with Gasteiger partial charge in [0.05, 0.1) is 27.8 Å². The summed E-state index contributed by atoms with van der Waals surface area (Å²) in [6.45, 7) is 2.82. The Labute approximate surface area is 120 Å². The Morgan fingerprint density at radius 2 is 2.10 bits per heavy atom. The van der Waals surface area contributed by atoms with E-state index in [1.54, 1.807) is 0 Å². The van der Waals surface area contributed by atoms with Crippen LogP contribution in [0.1, 0.15) is 25.1 Å². The number of hydrogen-bond donors (Lipinski definition) is 0. The molecule has 0 aliphatic carbocycles.